The van der Waals surface area contributed by atoms with Crippen molar-refractivity contribution < 1.29 is 14.4 Å². The second-order valence-electron chi connectivity index (χ2n) is 6.75. The number of fused-ring (bicyclic) bond motifs is 1. The molecule has 1 fully saturated rings. The van der Waals surface area contributed by atoms with E-state index in [1.165, 1.54) is 23.1 Å². The van der Waals surface area contributed by atoms with Gasteiger partial charge in [0.1, 0.15) is 6.54 Å². The average molecular weight is 449 g/mol. The van der Waals surface area contributed by atoms with Crippen LogP contribution in [0.5, 0.6) is 0 Å². The van der Waals surface area contributed by atoms with E-state index >= 15 is 0 Å². The van der Waals surface area contributed by atoms with E-state index < -0.39 is 5.91 Å². The number of benzene rings is 1. The van der Waals surface area contributed by atoms with Crippen LogP contribution < -0.4 is 5.32 Å². The van der Waals surface area contributed by atoms with Gasteiger partial charge in [0.05, 0.1) is 11.8 Å². The van der Waals surface area contributed by atoms with Crippen LogP contribution in [-0.2, 0) is 20.1 Å². The van der Waals surface area contributed by atoms with Gasteiger partial charge >= 0.3 is 0 Å². The summed E-state index contributed by atoms with van der Waals surface area (Å²) in [7, 11) is 0. The summed E-state index contributed by atoms with van der Waals surface area (Å²) >= 11 is 8.63. The number of amides is 3. The van der Waals surface area contributed by atoms with Gasteiger partial charge in [0.15, 0.2) is 4.34 Å². The smallest absolute Gasteiger partial charge is 0.246 e. The molecular weight excluding hydrogens is 432 g/mol. The van der Waals surface area contributed by atoms with Crippen molar-refractivity contribution in [1.82, 2.24) is 15.1 Å². The molecule has 2 aromatic rings. The van der Waals surface area contributed by atoms with E-state index in [-0.39, 0.29) is 30.2 Å². The Bertz CT molecular complexity index is 950. The van der Waals surface area contributed by atoms with Crippen LogP contribution in [0.25, 0.3) is 0 Å². The number of anilines is 1. The predicted molar refractivity (Wildman–Crippen MR) is 112 cm³/mol. The van der Waals surface area contributed by atoms with Gasteiger partial charge in [0, 0.05) is 10.8 Å². The van der Waals surface area contributed by atoms with Gasteiger partial charge in [0.2, 0.25) is 22.9 Å². The predicted octanol–water partition coefficient (Wildman–Crippen LogP) is 3.37. The summed E-state index contributed by atoms with van der Waals surface area (Å²) in [5.41, 5.74) is 1.10. The normalized spacial score (nSPS) is 20.8. The minimum Gasteiger partial charge on any atom is -0.299 e. The zero-order valence-corrected chi connectivity index (χ0v) is 17.6. The Labute approximate surface area is 180 Å². The molecule has 2 heterocycles. The lowest BCUT2D eigenvalue weighted by molar-refractivity contribution is -0.142. The molecule has 1 saturated heterocycles. The van der Waals surface area contributed by atoms with Gasteiger partial charge in [-0.15, -0.1) is 10.2 Å². The molecule has 0 radical (unpaired) electrons. The van der Waals surface area contributed by atoms with E-state index in [0.717, 1.165) is 10.5 Å². The second kappa shape index (κ2) is 8.64. The number of aromatic nitrogens is 2. The van der Waals surface area contributed by atoms with Gasteiger partial charge < -0.3 is 0 Å². The highest BCUT2D eigenvalue weighted by molar-refractivity contribution is 8.00. The minimum atomic E-state index is -0.455. The molecule has 1 aliphatic carbocycles. The summed E-state index contributed by atoms with van der Waals surface area (Å²) < 4.78 is 0.709. The maximum Gasteiger partial charge on any atom is 0.246 e. The number of hydrogen-bond acceptors (Lipinski definition) is 7. The minimum absolute atomic E-state index is 0.268. The zero-order valence-electron chi connectivity index (χ0n) is 15.2. The third-order valence-corrected chi connectivity index (χ3v) is 7.12. The zero-order chi connectivity index (χ0) is 20.4. The maximum absolute atomic E-state index is 12.4. The highest BCUT2D eigenvalue weighted by atomic mass is 35.5. The molecule has 10 heteroatoms. The summed E-state index contributed by atoms with van der Waals surface area (Å²) in [5, 5.41) is 11.7. The van der Waals surface area contributed by atoms with Crippen molar-refractivity contribution in [2.24, 2.45) is 11.8 Å². The number of allylic oxidation sites excluding steroid dienone is 2. The first-order valence-electron chi connectivity index (χ1n) is 9.02. The molecule has 1 N–H and O–H groups in total. The molecule has 2 aliphatic rings. The molecule has 4 rings (SSSR count). The van der Waals surface area contributed by atoms with E-state index in [4.69, 9.17) is 11.6 Å². The number of imide groups is 1. The van der Waals surface area contributed by atoms with Crippen molar-refractivity contribution in [3.8, 4) is 0 Å². The van der Waals surface area contributed by atoms with Crippen LogP contribution >= 0.6 is 34.7 Å². The Morgan fingerprint density at radius 3 is 2.45 bits per heavy atom. The van der Waals surface area contributed by atoms with Gasteiger partial charge in [-0.25, -0.2) is 0 Å². The molecule has 0 spiro atoms. The van der Waals surface area contributed by atoms with Gasteiger partial charge in [-0.2, -0.15) is 0 Å². The van der Waals surface area contributed by atoms with Crippen molar-refractivity contribution in [3.63, 3.8) is 0 Å². The van der Waals surface area contributed by atoms with Crippen LogP contribution in [0.2, 0.25) is 5.02 Å². The van der Waals surface area contributed by atoms with Crippen molar-refractivity contribution in [3.05, 3.63) is 47.0 Å². The monoisotopic (exact) mass is 448 g/mol. The summed E-state index contributed by atoms with van der Waals surface area (Å²) in [6, 6.07) is 7.54. The van der Waals surface area contributed by atoms with Crippen LogP contribution in [-0.4, -0.2) is 39.4 Å². The van der Waals surface area contributed by atoms with E-state index in [1.807, 2.05) is 36.4 Å². The van der Waals surface area contributed by atoms with Crippen molar-refractivity contribution in [1.29, 1.82) is 0 Å². The summed E-state index contributed by atoms with van der Waals surface area (Å²) in [5.74, 6) is -0.959. The fourth-order valence-electron chi connectivity index (χ4n) is 3.37. The van der Waals surface area contributed by atoms with Crippen LogP contribution in [0.3, 0.4) is 0 Å². The second-order valence-corrected chi connectivity index (χ2v) is 9.39. The van der Waals surface area contributed by atoms with Crippen LogP contribution in [0.1, 0.15) is 18.4 Å². The van der Waals surface area contributed by atoms with Gasteiger partial charge in [-0.1, -0.05) is 59.0 Å². The number of carbonyl (C=O) groups is 3. The molecule has 150 valence electrons. The Morgan fingerprint density at radius 2 is 1.79 bits per heavy atom. The number of halogens is 1. The number of rotatable bonds is 6. The van der Waals surface area contributed by atoms with Crippen LogP contribution in [0, 0.1) is 11.8 Å². The first-order valence-corrected chi connectivity index (χ1v) is 11.2. The van der Waals surface area contributed by atoms with E-state index in [1.54, 1.807) is 0 Å². The number of thioether (sulfide) groups is 1. The number of likely N-dealkylation sites (tertiary alicyclic amines) is 1. The SMILES string of the molecule is O=C(CN1C(=O)[C@H]2CC=CC[C@@H]2C1=O)Nc1nnc(SCc2ccc(Cl)cc2)s1. The highest BCUT2D eigenvalue weighted by Gasteiger charge is 2.47. The number of nitrogens with one attached hydrogen (secondary N) is 1. The van der Waals surface area contributed by atoms with Crippen molar-refractivity contribution >= 4 is 57.6 Å². The highest BCUT2D eigenvalue weighted by Crippen LogP contribution is 2.35. The number of nitrogens with zero attached hydrogens (tertiary/aromatic N) is 3. The quantitative estimate of drug-likeness (QED) is 0.315. The fraction of sp³-hybridized carbons (Fsp3) is 0.316. The Balaban J connectivity index is 1.31. The molecule has 0 bridgehead atoms. The molecule has 7 nitrogen and oxygen atoms in total. The van der Waals surface area contributed by atoms with Gasteiger partial charge in [-0.05, 0) is 30.5 Å². The lowest BCUT2D eigenvalue weighted by atomic mass is 9.85. The third kappa shape index (κ3) is 4.52. The lowest BCUT2D eigenvalue weighted by Crippen LogP contribution is -2.38. The topological polar surface area (TPSA) is 92.3 Å². The molecule has 1 aromatic carbocycles. The molecule has 0 unspecified atom stereocenters. The molecule has 0 saturated carbocycles. The number of carbonyl (C=O) groups excluding carboxylic acids is 3. The van der Waals surface area contributed by atoms with E-state index in [0.29, 0.717) is 33.1 Å². The standard InChI is InChI=1S/C19H17ClN4O3S2/c20-12-7-5-11(6-8-12)10-28-19-23-22-18(29-19)21-15(25)9-24-16(26)13-3-1-2-4-14(13)17(24)27/h1-2,5-8,13-14H,3-4,9-10H2,(H,21,22,25)/t13-,14-/m0/s1. The maximum atomic E-state index is 12.4. The Morgan fingerprint density at radius 1 is 1.14 bits per heavy atom. The van der Waals surface area contributed by atoms with Gasteiger partial charge in [0.25, 0.3) is 0 Å². The Hall–Kier alpha value is -2.23. The fourth-order valence-corrected chi connectivity index (χ4v) is 5.22. The summed E-state index contributed by atoms with van der Waals surface area (Å²) in [6.07, 6.45) is 4.94. The largest absolute Gasteiger partial charge is 0.299 e. The first kappa shape index (κ1) is 20.1. The summed E-state index contributed by atoms with van der Waals surface area (Å²) in [6.45, 7) is -0.294. The molecule has 29 heavy (non-hydrogen) atoms. The first-order chi connectivity index (χ1) is 14.0. The molecule has 2 atom stereocenters. The van der Waals surface area contributed by atoms with Gasteiger partial charge in [-0.3, -0.25) is 24.6 Å². The van der Waals surface area contributed by atoms with Crippen molar-refractivity contribution in [2.75, 3.05) is 11.9 Å². The molecule has 3 amide bonds. The summed E-state index contributed by atoms with van der Waals surface area (Å²) in [4.78, 5) is 38.3. The average Bonchev–Trinajstić information content (AvgIpc) is 3.26. The third-order valence-electron chi connectivity index (χ3n) is 4.83. The van der Waals surface area contributed by atoms with Crippen LogP contribution in [0.4, 0.5) is 5.13 Å². The van der Waals surface area contributed by atoms with E-state index in [2.05, 4.69) is 15.5 Å². The number of hydrogen-bond donors (Lipinski definition) is 1. The molecule has 1 aromatic heterocycles. The lowest BCUT2D eigenvalue weighted by Gasteiger charge is -2.14. The molecule has 1 aliphatic heterocycles. The van der Waals surface area contributed by atoms with Crippen LogP contribution in [0.15, 0.2) is 40.8 Å². The molecular formula is C19H17ClN4O3S2. The van der Waals surface area contributed by atoms with Crippen molar-refractivity contribution in [2.45, 2.75) is 22.9 Å². The van der Waals surface area contributed by atoms with E-state index in [9.17, 15) is 14.4 Å². The Kier molecular flexibility index (Phi) is 5.98.